The fraction of sp³-hybridized carbons (Fsp3) is 0.351. The molecule has 0 spiro atoms. The Morgan fingerprint density at radius 1 is 0.979 bits per heavy atom. The number of hydrogen-bond donors (Lipinski definition) is 2. The Morgan fingerprint density at radius 3 is 2.40 bits per heavy atom. The van der Waals surface area contributed by atoms with E-state index in [1.165, 1.54) is 33.2 Å². The number of amides is 2. The highest BCUT2D eigenvalue weighted by molar-refractivity contribution is 7.99. The molecule has 47 heavy (non-hydrogen) atoms. The first-order valence-corrected chi connectivity index (χ1v) is 18.9. The maximum absolute atomic E-state index is 12.1. The van der Waals surface area contributed by atoms with E-state index in [0.717, 1.165) is 80.1 Å². The van der Waals surface area contributed by atoms with Crippen molar-refractivity contribution < 1.29 is 4.79 Å². The van der Waals surface area contributed by atoms with E-state index in [4.69, 9.17) is 22.4 Å². The smallest absolute Gasteiger partial charge is 0.315 e. The van der Waals surface area contributed by atoms with Gasteiger partial charge in [0.15, 0.2) is 0 Å². The molecule has 0 saturated carbocycles. The first-order chi connectivity index (χ1) is 23.0. The van der Waals surface area contributed by atoms with Crippen molar-refractivity contribution in [1.29, 1.82) is 0 Å². The molecule has 0 aliphatic carbocycles. The Labute approximate surface area is 291 Å². The maximum Gasteiger partial charge on any atom is 0.315 e. The van der Waals surface area contributed by atoms with Gasteiger partial charge in [-0.05, 0) is 66.7 Å². The molecule has 10 heteroatoms. The van der Waals surface area contributed by atoms with Crippen LogP contribution in [0.2, 0.25) is 5.02 Å². The van der Waals surface area contributed by atoms with E-state index in [0.29, 0.717) is 18.1 Å². The molecule has 4 aromatic rings. The van der Waals surface area contributed by atoms with Crippen LogP contribution >= 0.6 is 35.1 Å². The van der Waals surface area contributed by atoms with Crippen LogP contribution < -0.4 is 11.1 Å². The average molecular weight is 685 g/mol. The number of carbonyl (C=O) groups excluding carboxylic acids is 1. The summed E-state index contributed by atoms with van der Waals surface area (Å²) in [5, 5.41) is 9.22. The molecule has 2 aliphatic rings. The maximum atomic E-state index is 12.1. The van der Waals surface area contributed by atoms with Gasteiger partial charge in [0.2, 0.25) is 0 Å². The molecule has 244 valence electrons. The van der Waals surface area contributed by atoms with Gasteiger partial charge in [-0.1, -0.05) is 53.8 Å². The minimum Gasteiger partial charge on any atom is -0.351 e. The number of benzene rings is 3. The second-order valence-corrected chi connectivity index (χ2v) is 14.4. The van der Waals surface area contributed by atoms with Gasteiger partial charge in [-0.3, -0.25) is 4.68 Å². The zero-order valence-corrected chi connectivity index (χ0v) is 29.2. The summed E-state index contributed by atoms with van der Waals surface area (Å²) in [5.41, 5.74) is 13.9. The quantitative estimate of drug-likeness (QED) is 0.147. The van der Waals surface area contributed by atoms with Crippen molar-refractivity contribution in [3.05, 3.63) is 105 Å². The van der Waals surface area contributed by atoms with E-state index < -0.39 is 6.03 Å². The lowest BCUT2D eigenvalue weighted by atomic mass is 9.99. The predicted octanol–water partition coefficient (Wildman–Crippen LogP) is 6.49. The number of carbonyl (C=O) groups is 1. The third-order valence-corrected chi connectivity index (χ3v) is 10.8. The second kappa shape index (κ2) is 16.1. The number of urea groups is 1. The molecule has 1 saturated heterocycles. The minimum atomic E-state index is -0.400. The van der Waals surface area contributed by atoms with Gasteiger partial charge in [-0.15, -0.1) is 11.8 Å². The van der Waals surface area contributed by atoms with E-state index in [-0.39, 0.29) is 0 Å². The van der Waals surface area contributed by atoms with Gasteiger partial charge in [0.25, 0.3) is 0 Å². The van der Waals surface area contributed by atoms with Crippen LogP contribution in [0.15, 0.2) is 71.6 Å². The van der Waals surface area contributed by atoms with Crippen LogP contribution in [0.25, 0.3) is 11.3 Å². The van der Waals surface area contributed by atoms with Crippen molar-refractivity contribution in [3.63, 3.8) is 0 Å². The standard InChI is InChI=1S/C37H41ClN6OS2/c1-46-32-12-8-29(9-13-32)25-40-24-28-5-3-27(4-6-28)7-10-30-23-31(11-14-34(30)38)36-33-26-43(37(39)45)18-15-35(33)44(41-36)17-2-16-42-19-21-47-22-20-42/h3-6,8-9,11-14,23,40H,2,15-22,24-26H2,1H3,(H2,39,45). The van der Waals surface area contributed by atoms with E-state index in [9.17, 15) is 4.79 Å². The molecule has 3 aromatic carbocycles. The van der Waals surface area contributed by atoms with E-state index >= 15 is 0 Å². The number of halogens is 1. The Kier molecular flexibility index (Phi) is 11.5. The lowest BCUT2D eigenvalue weighted by molar-refractivity contribution is 0.201. The summed E-state index contributed by atoms with van der Waals surface area (Å²) in [6.45, 7) is 6.91. The van der Waals surface area contributed by atoms with Gasteiger partial charge in [-0.25, -0.2) is 4.79 Å². The van der Waals surface area contributed by atoms with Crippen molar-refractivity contribution >= 4 is 41.2 Å². The highest BCUT2D eigenvalue weighted by Crippen LogP contribution is 2.32. The molecule has 0 radical (unpaired) electrons. The summed E-state index contributed by atoms with van der Waals surface area (Å²) in [5.74, 6) is 9.01. The first-order valence-electron chi connectivity index (χ1n) is 16.1. The molecule has 2 amide bonds. The number of hydrogen-bond acceptors (Lipinski definition) is 6. The lowest BCUT2D eigenvalue weighted by Gasteiger charge is -2.27. The normalized spacial score (nSPS) is 14.8. The first kappa shape index (κ1) is 33.5. The van der Waals surface area contributed by atoms with E-state index in [1.54, 1.807) is 16.7 Å². The number of fused-ring (bicyclic) bond motifs is 1. The van der Waals surface area contributed by atoms with Crippen LogP contribution in [-0.4, -0.2) is 69.6 Å². The summed E-state index contributed by atoms with van der Waals surface area (Å²) in [6.07, 6.45) is 3.87. The molecule has 2 aliphatic heterocycles. The van der Waals surface area contributed by atoms with Crippen molar-refractivity contribution in [2.75, 3.05) is 43.9 Å². The largest absolute Gasteiger partial charge is 0.351 e. The van der Waals surface area contributed by atoms with Crippen molar-refractivity contribution in [2.45, 2.75) is 43.9 Å². The van der Waals surface area contributed by atoms with Gasteiger partial charge in [0.1, 0.15) is 0 Å². The Hall–Kier alpha value is -3.39. The molecule has 0 unspecified atom stereocenters. The number of rotatable bonds is 10. The van der Waals surface area contributed by atoms with Gasteiger partial charge < -0.3 is 20.9 Å². The molecule has 3 heterocycles. The lowest BCUT2D eigenvalue weighted by Crippen LogP contribution is -2.39. The van der Waals surface area contributed by atoms with Crippen molar-refractivity contribution in [2.24, 2.45) is 5.73 Å². The predicted molar refractivity (Wildman–Crippen MR) is 196 cm³/mol. The molecular formula is C37H41ClN6OS2. The van der Waals surface area contributed by atoms with Crippen LogP contribution in [0.4, 0.5) is 4.79 Å². The Balaban J connectivity index is 1.15. The monoisotopic (exact) mass is 684 g/mol. The van der Waals surface area contributed by atoms with Crippen molar-refractivity contribution in [1.82, 2.24) is 24.9 Å². The van der Waals surface area contributed by atoms with Crippen LogP contribution in [0.1, 0.15) is 39.9 Å². The third kappa shape index (κ3) is 8.75. The number of thioether (sulfide) groups is 2. The van der Waals surface area contributed by atoms with E-state index in [2.05, 4.69) is 69.4 Å². The number of nitrogens with two attached hydrogens (primary N) is 1. The van der Waals surface area contributed by atoms with Crippen LogP contribution in [0, 0.1) is 11.8 Å². The zero-order chi connectivity index (χ0) is 32.6. The van der Waals surface area contributed by atoms with Gasteiger partial charge in [0, 0.05) is 90.0 Å². The summed E-state index contributed by atoms with van der Waals surface area (Å²) >= 11 is 10.4. The average Bonchev–Trinajstić information content (AvgIpc) is 3.47. The summed E-state index contributed by atoms with van der Waals surface area (Å²) < 4.78 is 2.15. The molecule has 3 N–H and O–H groups in total. The van der Waals surface area contributed by atoms with Gasteiger partial charge >= 0.3 is 6.03 Å². The van der Waals surface area contributed by atoms with Crippen LogP contribution in [-0.2, 0) is 32.6 Å². The van der Waals surface area contributed by atoms with Crippen LogP contribution in [0.5, 0.6) is 0 Å². The topological polar surface area (TPSA) is 79.4 Å². The number of aryl methyl sites for hydroxylation is 1. The molecular weight excluding hydrogens is 644 g/mol. The SMILES string of the molecule is CSc1ccc(CNCc2ccc(C#Cc3cc(-c4nn(CCCN5CCSCC5)c5c4CN(C(N)=O)CC5)ccc3Cl)cc2)cc1. The molecule has 1 aromatic heterocycles. The fourth-order valence-electron chi connectivity index (χ4n) is 6.07. The number of aromatic nitrogens is 2. The second-order valence-electron chi connectivity index (χ2n) is 11.9. The zero-order valence-electron chi connectivity index (χ0n) is 26.8. The third-order valence-electron chi connectivity index (χ3n) is 8.75. The van der Waals surface area contributed by atoms with Gasteiger partial charge in [-0.2, -0.15) is 16.9 Å². The number of nitrogens with one attached hydrogen (secondary N) is 1. The Morgan fingerprint density at radius 2 is 1.70 bits per heavy atom. The van der Waals surface area contributed by atoms with Crippen LogP contribution in [0.3, 0.4) is 0 Å². The highest BCUT2D eigenvalue weighted by Gasteiger charge is 2.27. The summed E-state index contributed by atoms with van der Waals surface area (Å²) in [6, 6.07) is 22.5. The summed E-state index contributed by atoms with van der Waals surface area (Å²) in [4.78, 5) is 17.6. The molecule has 6 rings (SSSR count). The highest BCUT2D eigenvalue weighted by atomic mass is 35.5. The van der Waals surface area contributed by atoms with E-state index in [1.807, 2.05) is 42.1 Å². The molecule has 7 nitrogen and oxygen atoms in total. The summed E-state index contributed by atoms with van der Waals surface area (Å²) in [7, 11) is 0. The number of primary amides is 1. The number of nitrogens with zero attached hydrogens (tertiary/aromatic N) is 4. The Bertz CT molecular complexity index is 1740. The fourth-order valence-corrected chi connectivity index (χ4v) is 7.62. The molecule has 0 atom stereocenters. The van der Waals surface area contributed by atoms with Gasteiger partial charge in [0.05, 0.1) is 17.3 Å². The molecule has 1 fully saturated rings. The molecule has 0 bridgehead atoms. The minimum absolute atomic E-state index is 0.400. The van der Waals surface area contributed by atoms with Crippen molar-refractivity contribution in [3.8, 4) is 23.1 Å².